The number of alkyl halides is 4. The molecule has 206 valence electrons. The number of anilines is 1. The second-order valence-electron chi connectivity index (χ2n) is 11.5. The summed E-state index contributed by atoms with van der Waals surface area (Å²) in [5.74, 6) is -0.292. The highest BCUT2D eigenvalue weighted by molar-refractivity contribution is 6.10. The molecule has 11 heteroatoms. The molecule has 7 nitrogen and oxygen atoms in total. The van der Waals surface area contributed by atoms with E-state index in [2.05, 4.69) is 10.2 Å². The van der Waals surface area contributed by atoms with Crippen molar-refractivity contribution in [1.29, 1.82) is 0 Å². The predicted molar refractivity (Wildman–Crippen MR) is 135 cm³/mol. The van der Waals surface area contributed by atoms with Gasteiger partial charge in [-0.2, -0.15) is 13.2 Å². The third kappa shape index (κ3) is 4.31. The first-order valence-corrected chi connectivity index (χ1v) is 12.9. The highest BCUT2D eigenvalue weighted by atomic mass is 19.4. The lowest BCUT2D eigenvalue weighted by Gasteiger charge is -2.47. The van der Waals surface area contributed by atoms with Crippen molar-refractivity contribution in [3.63, 3.8) is 0 Å². The number of aromatic nitrogens is 3. The smallest absolute Gasteiger partial charge is 0.396 e. The summed E-state index contributed by atoms with van der Waals surface area (Å²) in [4.78, 5) is 16.8. The third-order valence-electron chi connectivity index (χ3n) is 8.39. The number of aliphatic hydroxyl groups excluding tert-OH is 1. The number of hydrogen-bond donors (Lipinski definition) is 1. The summed E-state index contributed by atoms with van der Waals surface area (Å²) in [5, 5.41) is 17.2. The van der Waals surface area contributed by atoms with Gasteiger partial charge in [0.1, 0.15) is 6.33 Å². The summed E-state index contributed by atoms with van der Waals surface area (Å²) in [7, 11) is 1.67. The van der Waals surface area contributed by atoms with Crippen molar-refractivity contribution in [3.05, 3.63) is 76.4 Å². The molecule has 1 saturated heterocycles. The Balaban J connectivity index is 1.30. The van der Waals surface area contributed by atoms with Gasteiger partial charge in [0.05, 0.1) is 18.7 Å². The minimum Gasteiger partial charge on any atom is -0.396 e. The zero-order valence-corrected chi connectivity index (χ0v) is 21.7. The van der Waals surface area contributed by atoms with Crippen LogP contribution in [0.5, 0.6) is 0 Å². The molecular weight excluding hydrogens is 514 g/mol. The Hall–Kier alpha value is -3.31. The molecule has 1 aliphatic carbocycles. The van der Waals surface area contributed by atoms with Gasteiger partial charge in [-0.05, 0) is 53.8 Å². The number of rotatable bonds is 7. The fourth-order valence-electron chi connectivity index (χ4n) is 6.10. The summed E-state index contributed by atoms with van der Waals surface area (Å²) in [6, 6.07) is 9.57. The number of benzene rings is 2. The van der Waals surface area contributed by atoms with Crippen LogP contribution in [0.1, 0.15) is 64.4 Å². The minimum atomic E-state index is -4.62. The molecule has 0 unspecified atom stereocenters. The zero-order chi connectivity index (χ0) is 27.7. The van der Waals surface area contributed by atoms with Crippen molar-refractivity contribution in [3.8, 4) is 0 Å². The van der Waals surface area contributed by atoms with Crippen molar-refractivity contribution in [2.45, 2.75) is 50.6 Å². The first-order valence-electron chi connectivity index (χ1n) is 12.9. The molecular formula is C28H29F4N5O2. The minimum absolute atomic E-state index is 0.0109. The van der Waals surface area contributed by atoms with Crippen LogP contribution in [0.4, 0.5) is 23.2 Å². The molecule has 6 rings (SSSR count). The van der Waals surface area contributed by atoms with Gasteiger partial charge in [0.25, 0.3) is 5.91 Å². The molecule has 3 aromatic rings. The Morgan fingerprint density at radius 1 is 1.15 bits per heavy atom. The monoisotopic (exact) mass is 543 g/mol. The van der Waals surface area contributed by atoms with E-state index in [0.29, 0.717) is 42.7 Å². The number of hydrogen-bond acceptors (Lipinski definition) is 5. The summed E-state index contributed by atoms with van der Waals surface area (Å²) in [5.41, 5.74) is -0.360. The lowest BCUT2D eigenvalue weighted by atomic mass is 9.82. The molecule has 0 radical (unpaired) electrons. The number of likely N-dealkylation sites (tertiary alicyclic amines) is 1. The quantitative estimate of drug-likeness (QED) is 0.443. The van der Waals surface area contributed by atoms with Gasteiger partial charge in [-0.25, -0.2) is 4.39 Å². The lowest BCUT2D eigenvalue weighted by Crippen LogP contribution is -2.55. The average molecular weight is 544 g/mol. The molecule has 1 aromatic heterocycles. The predicted octanol–water partition coefficient (Wildman–Crippen LogP) is 4.55. The van der Waals surface area contributed by atoms with Crippen molar-refractivity contribution >= 4 is 11.6 Å². The van der Waals surface area contributed by atoms with Gasteiger partial charge >= 0.3 is 6.18 Å². The Morgan fingerprint density at radius 2 is 1.90 bits per heavy atom. The van der Waals surface area contributed by atoms with E-state index in [1.165, 1.54) is 15.8 Å². The fourth-order valence-corrected chi connectivity index (χ4v) is 6.10. The molecule has 2 fully saturated rings. The van der Waals surface area contributed by atoms with Gasteiger partial charge in [0.15, 0.2) is 12.0 Å². The van der Waals surface area contributed by atoms with Crippen molar-refractivity contribution in [2.24, 2.45) is 12.5 Å². The number of carbonyl (C=O) groups excluding carboxylic acids is 1. The standard InChI is InChI=1S/C28H29F4N5O2/c1-26(15-38)13-36(14-26)11-17-8-20-21(22(9-17)28(30,31)32)12-37(25(20)39)19-5-3-4-18(10-19)27(6-7-27)23(29)24-34-33-16-35(24)2/h3-5,8-10,16,23,38H,6-7,11-15H2,1-2H3/t23-/m1/s1. The van der Waals surface area contributed by atoms with E-state index >= 15 is 4.39 Å². The highest BCUT2D eigenvalue weighted by Gasteiger charge is 2.54. The summed E-state index contributed by atoms with van der Waals surface area (Å²) in [6.07, 6.45) is -3.41. The third-order valence-corrected chi connectivity index (χ3v) is 8.39. The first-order chi connectivity index (χ1) is 18.4. The number of carbonyl (C=O) groups is 1. The summed E-state index contributed by atoms with van der Waals surface area (Å²) >= 11 is 0. The van der Waals surface area contributed by atoms with Crippen LogP contribution < -0.4 is 4.90 Å². The normalized spacial score (nSPS) is 20.6. The van der Waals surface area contributed by atoms with Gasteiger partial charge in [-0.1, -0.05) is 19.1 Å². The average Bonchev–Trinajstić information content (AvgIpc) is 3.49. The second kappa shape index (κ2) is 8.85. The molecule has 1 saturated carbocycles. The number of aliphatic hydroxyl groups is 1. The molecule has 2 aromatic carbocycles. The zero-order valence-electron chi connectivity index (χ0n) is 21.7. The van der Waals surface area contributed by atoms with Gasteiger partial charge in [0, 0.05) is 48.8 Å². The van der Waals surface area contributed by atoms with Crippen LogP contribution in [0, 0.1) is 5.41 Å². The Labute approximate surface area is 223 Å². The molecule has 0 bridgehead atoms. The summed E-state index contributed by atoms with van der Waals surface area (Å²) in [6.45, 7) is 3.12. The highest BCUT2D eigenvalue weighted by Crippen LogP contribution is 2.58. The van der Waals surface area contributed by atoms with E-state index < -0.39 is 29.2 Å². The molecule has 1 atom stereocenters. The van der Waals surface area contributed by atoms with Gasteiger partial charge < -0.3 is 14.6 Å². The van der Waals surface area contributed by atoms with Crippen LogP contribution in [-0.4, -0.2) is 50.4 Å². The van der Waals surface area contributed by atoms with E-state index in [0.717, 1.165) is 6.07 Å². The van der Waals surface area contributed by atoms with E-state index in [1.807, 2.05) is 11.8 Å². The number of aryl methyl sites for hydroxylation is 1. The van der Waals surface area contributed by atoms with E-state index in [4.69, 9.17) is 0 Å². The maximum atomic E-state index is 15.6. The van der Waals surface area contributed by atoms with Crippen LogP contribution in [0.25, 0.3) is 0 Å². The molecule has 39 heavy (non-hydrogen) atoms. The second-order valence-corrected chi connectivity index (χ2v) is 11.5. The largest absolute Gasteiger partial charge is 0.416 e. The Morgan fingerprint density at radius 3 is 2.51 bits per heavy atom. The van der Waals surface area contributed by atoms with E-state index in [-0.39, 0.29) is 42.1 Å². The number of halogens is 4. The number of amides is 1. The van der Waals surface area contributed by atoms with Crippen LogP contribution in [-0.2, 0) is 31.7 Å². The molecule has 1 amide bonds. The number of nitrogens with zero attached hydrogens (tertiary/aromatic N) is 5. The van der Waals surface area contributed by atoms with Crippen LogP contribution >= 0.6 is 0 Å². The van der Waals surface area contributed by atoms with Gasteiger partial charge in [0.2, 0.25) is 0 Å². The maximum absolute atomic E-state index is 15.6. The van der Waals surface area contributed by atoms with E-state index in [9.17, 15) is 23.1 Å². The Kier molecular flexibility index (Phi) is 5.89. The van der Waals surface area contributed by atoms with Gasteiger partial charge in [-0.15, -0.1) is 10.2 Å². The topological polar surface area (TPSA) is 74.5 Å². The lowest BCUT2D eigenvalue weighted by molar-refractivity contribution is -0.138. The van der Waals surface area contributed by atoms with Crippen molar-refractivity contribution in [1.82, 2.24) is 19.7 Å². The van der Waals surface area contributed by atoms with Crippen LogP contribution in [0.15, 0.2) is 42.7 Å². The molecule has 2 aliphatic heterocycles. The molecule has 0 spiro atoms. The molecule has 3 aliphatic rings. The first kappa shape index (κ1) is 25.9. The SMILES string of the molecule is Cn1cnnc1[C@@H](F)C1(c2cccc(N3Cc4c(cc(CN5CC(C)(CO)C5)cc4C(F)(F)F)C3=O)c2)CC1. The van der Waals surface area contributed by atoms with Crippen molar-refractivity contribution < 1.29 is 27.5 Å². The van der Waals surface area contributed by atoms with Crippen LogP contribution in [0.3, 0.4) is 0 Å². The Bertz CT molecular complexity index is 1440. The maximum Gasteiger partial charge on any atom is 0.416 e. The number of fused-ring (bicyclic) bond motifs is 1. The molecule has 3 heterocycles. The van der Waals surface area contributed by atoms with Crippen LogP contribution in [0.2, 0.25) is 0 Å². The molecule has 1 N–H and O–H groups in total. The summed E-state index contributed by atoms with van der Waals surface area (Å²) < 4.78 is 59.6. The van der Waals surface area contributed by atoms with Crippen molar-refractivity contribution in [2.75, 3.05) is 24.6 Å². The fraction of sp³-hybridized carbons (Fsp3) is 0.464. The van der Waals surface area contributed by atoms with E-state index in [1.54, 1.807) is 37.4 Å². The van der Waals surface area contributed by atoms with Gasteiger partial charge in [-0.3, -0.25) is 9.69 Å².